The lowest BCUT2D eigenvalue weighted by atomic mass is 10.00. The van der Waals surface area contributed by atoms with Gasteiger partial charge in [-0.25, -0.2) is 0 Å². The lowest BCUT2D eigenvalue weighted by molar-refractivity contribution is 0.106. The van der Waals surface area contributed by atoms with Crippen LogP contribution in [0.5, 0.6) is 0 Å². The molecule has 1 aromatic carbocycles. The maximum atomic E-state index is 10.7. The van der Waals surface area contributed by atoms with Gasteiger partial charge >= 0.3 is 0 Å². The molecule has 3 nitrogen and oxygen atoms in total. The molecule has 116 valence electrons. The molecular weight excluding hydrogens is 260 g/mol. The SMILES string of the molecule is Cc1ccc(C)c(C(O)CN2CCC3CCC(C2)N3C)c1. The van der Waals surface area contributed by atoms with Crippen molar-refractivity contribution in [1.29, 1.82) is 0 Å². The maximum Gasteiger partial charge on any atom is 0.0919 e. The topological polar surface area (TPSA) is 26.7 Å². The molecule has 21 heavy (non-hydrogen) atoms. The van der Waals surface area contributed by atoms with Crippen molar-refractivity contribution in [2.24, 2.45) is 0 Å². The third-order valence-electron chi connectivity index (χ3n) is 5.46. The molecule has 0 spiro atoms. The highest BCUT2D eigenvalue weighted by Crippen LogP contribution is 2.29. The molecule has 3 heteroatoms. The van der Waals surface area contributed by atoms with Crippen LogP contribution < -0.4 is 0 Å². The van der Waals surface area contributed by atoms with Gasteiger partial charge in [0, 0.05) is 25.2 Å². The first-order chi connectivity index (χ1) is 10.0. The van der Waals surface area contributed by atoms with Crippen LogP contribution in [0.15, 0.2) is 18.2 Å². The zero-order chi connectivity index (χ0) is 15.0. The molecule has 3 atom stereocenters. The molecule has 2 fully saturated rings. The molecule has 3 rings (SSSR count). The molecule has 1 N–H and O–H groups in total. The van der Waals surface area contributed by atoms with Gasteiger partial charge in [0.2, 0.25) is 0 Å². The molecule has 2 aliphatic rings. The van der Waals surface area contributed by atoms with Crippen molar-refractivity contribution in [1.82, 2.24) is 9.80 Å². The second-order valence-electron chi connectivity index (χ2n) is 6.97. The van der Waals surface area contributed by atoms with E-state index in [-0.39, 0.29) is 6.10 Å². The van der Waals surface area contributed by atoms with Crippen molar-refractivity contribution in [2.75, 3.05) is 26.7 Å². The quantitative estimate of drug-likeness (QED) is 0.926. The van der Waals surface area contributed by atoms with Crippen LogP contribution in [0.2, 0.25) is 0 Å². The Morgan fingerprint density at radius 2 is 1.95 bits per heavy atom. The summed E-state index contributed by atoms with van der Waals surface area (Å²) in [5, 5.41) is 10.7. The van der Waals surface area contributed by atoms with Crippen molar-refractivity contribution in [3.05, 3.63) is 34.9 Å². The van der Waals surface area contributed by atoms with Gasteiger partial charge < -0.3 is 5.11 Å². The average Bonchev–Trinajstić information content (AvgIpc) is 2.69. The molecule has 1 aromatic rings. The summed E-state index contributed by atoms with van der Waals surface area (Å²) in [6.07, 6.45) is 3.55. The number of aliphatic hydroxyl groups is 1. The summed E-state index contributed by atoms with van der Waals surface area (Å²) in [7, 11) is 2.27. The number of aliphatic hydroxyl groups excluding tert-OH is 1. The number of hydrogen-bond donors (Lipinski definition) is 1. The third-order valence-corrected chi connectivity index (χ3v) is 5.46. The predicted molar refractivity (Wildman–Crippen MR) is 86.5 cm³/mol. The molecule has 3 unspecified atom stereocenters. The first-order valence-electron chi connectivity index (χ1n) is 8.24. The summed E-state index contributed by atoms with van der Waals surface area (Å²) in [4.78, 5) is 5.02. The third kappa shape index (κ3) is 3.15. The van der Waals surface area contributed by atoms with E-state index in [1.165, 1.54) is 30.4 Å². The van der Waals surface area contributed by atoms with Crippen LogP contribution in [0.25, 0.3) is 0 Å². The summed E-state index contributed by atoms with van der Waals surface area (Å²) in [5.74, 6) is 0. The van der Waals surface area contributed by atoms with E-state index in [0.717, 1.165) is 31.2 Å². The van der Waals surface area contributed by atoms with Gasteiger partial charge in [0.25, 0.3) is 0 Å². The Morgan fingerprint density at radius 3 is 2.76 bits per heavy atom. The van der Waals surface area contributed by atoms with Gasteiger partial charge in [-0.3, -0.25) is 9.80 Å². The molecule has 2 heterocycles. The van der Waals surface area contributed by atoms with Crippen LogP contribution in [0.3, 0.4) is 0 Å². The number of benzene rings is 1. The molecule has 0 aliphatic carbocycles. The minimum Gasteiger partial charge on any atom is -0.387 e. The lowest BCUT2D eigenvalue weighted by Crippen LogP contribution is -2.38. The normalized spacial score (nSPS) is 28.6. The maximum absolute atomic E-state index is 10.7. The number of rotatable bonds is 3. The summed E-state index contributed by atoms with van der Waals surface area (Å²) in [6, 6.07) is 7.81. The van der Waals surface area contributed by atoms with E-state index >= 15 is 0 Å². The highest BCUT2D eigenvalue weighted by molar-refractivity contribution is 5.32. The molecule has 2 bridgehead atoms. The Balaban J connectivity index is 1.67. The minimum atomic E-state index is -0.369. The molecular formula is C18H28N2O. The van der Waals surface area contributed by atoms with E-state index in [1.54, 1.807) is 0 Å². The van der Waals surface area contributed by atoms with Crippen molar-refractivity contribution in [3.8, 4) is 0 Å². The van der Waals surface area contributed by atoms with E-state index in [0.29, 0.717) is 6.04 Å². The van der Waals surface area contributed by atoms with Gasteiger partial charge in [-0.15, -0.1) is 0 Å². The van der Waals surface area contributed by atoms with Gasteiger partial charge in [-0.05, 0) is 57.8 Å². The van der Waals surface area contributed by atoms with Gasteiger partial charge in [0.1, 0.15) is 0 Å². The fourth-order valence-electron chi connectivity index (χ4n) is 4.01. The summed E-state index contributed by atoms with van der Waals surface area (Å²) in [6.45, 7) is 7.18. The highest BCUT2D eigenvalue weighted by Gasteiger charge is 2.35. The summed E-state index contributed by atoms with van der Waals surface area (Å²) in [5.41, 5.74) is 3.52. The highest BCUT2D eigenvalue weighted by atomic mass is 16.3. The van der Waals surface area contributed by atoms with Gasteiger partial charge in [0.15, 0.2) is 0 Å². The van der Waals surface area contributed by atoms with Crippen LogP contribution in [0.1, 0.15) is 42.1 Å². The largest absolute Gasteiger partial charge is 0.387 e. The summed E-state index contributed by atoms with van der Waals surface area (Å²) < 4.78 is 0. The first kappa shape index (κ1) is 15.0. The molecule has 0 saturated carbocycles. The number of nitrogens with zero attached hydrogens (tertiary/aromatic N) is 2. The number of β-amino-alcohol motifs (C(OH)–C–C–N with tert-alkyl or cyclic N) is 1. The van der Waals surface area contributed by atoms with Crippen molar-refractivity contribution >= 4 is 0 Å². The number of aryl methyl sites for hydroxylation is 2. The van der Waals surface area contributed by atoms with Crippen molar-refractivity contribution in [2.45, 2.75) is 51.3 Å². The average molecular weight is 288 g/mol. The lowest BCUT2D eigenvalue weighted by Gasteiger charge is -2.28. The Kier molecular flexibility index (Phi) is 4.34. The molecule has 2 aliphatic heterocycles. The summed E-state index contributed by atoms with van der Waals surface area (Å²) >= 11 is 0. The molecule has 0 amide bonds. The van der Waals surface area contributed by atoms with E-state index in [9.17, 15) is 5.11 Å². The molecule has 0 aromatic heterocycles. The van der Waals surface area contributed by atoms with E-state index in [2.05, 4.69) is 48.9 Å². The van der Waals surface area contributed by atoms with Crippen LogP contribution >= 0.6 is 0 Å². The van der Waals surface area contributed by atoms with Crippen LogP contribution in [0, 0.1) is 13.8 Å². The zero-order valence-electron chi connectivity index (χ0n) is 13.5. The van der Waals surface area contributed by atoms with Crippen LogP contribution in [0.4, 0.5) is 0 Å². The Morgan fingerprint density at radius 1 is 1.19 bits per heavy atom. The Hall–Kier alpha value is -0.900. The molecule has 2 saturated heterocycles. The fraction of sp³-hybridized carbons (Fsp3) is 0.667. The van der Waals surface area contributed by atoms with Gasteiger partial charge in [-0.2, -0.15) is 0 Å². The van der Waals surface area contributed by atoms with E-state index in [4.69, 9.17) is 0 Å². The zero-order valence-corrected chi connectivity index (χ0v) is 13.5. The predicted octanol–water partition coefficient (Wildman–Crippen LogP) is 2.51. The number of likely N-dealkylation sites (N-methyl/N-ethyl adjacent to an activating group) is 1. The Labute approximate surface area is 128 Å². The fourth-order valence-corrected chi connectivity index (χ4v) is 4.01. The van der Waals surface area contributed by atoms with Crippen LogP contribution in [-0.4, -0.2) is 53.7 Å². The first-order valence-corrected chi connectivity index (χ1v) is 8.24. The van der Waals surface area contributed by atoms with Crippen LogP contribution in [-0.2, 0) is 0 Å². The smallest absolute Gasteiger partial charge is 0.0919 e. The number of likely N-dealkylation sites (tertiary alicyclic amines) is 1. The standard InChI is InChI=1S/C18H28N2O/c1-13-4-5-14(2)17(10-13)18(21)12-20-9-8-15-6-7-16(11-20)19(15)3/h4-5,10,15-16,18,21H,6-9,11-12H2,1-3H3. The van der Waals surface area contributed by atoms with Crippen molar-refractivity contribution in [3.63, 3.8) is 0 Å². The van der Waals surface area contributed by atoms with E-state index < -0.39 is 0 Å². The monoisotopic (exact) mass is 288 g/mol. The van der Waals surface area contributed by atoms with Crippen molar-refractivity contribution < 1.29 is 5.11 Å². The Bertz CT molecular complexity index is 502. The van der Waals surface area contributed by atoms with Gasteiger partial charge in [-0.1, -0.05) is 23.8 Å². The number of fused-ring (bicyclic) bond motifs is 2. The molecule has 0 radical (unpaired) electrons. The number of hydrogen-bond acceptors (Lipinski definition) is 3. The van der Waals surface area contributed by atoms with Gasteiger partial charge in [0.05, 0.1) is 6.10 Å². The second-order valence-corrected chi connectivity index (χ2v) is 6.97. The van der Waals surface area contributed by atoms with E-state index in [1.807, 2.05) is 0 Å². The minimum absolute atomic E-state index is 0.369. The second kappa shape index (κ2) is 6.07.